The van der Waals surface area contributed by atoms with Crippen molar-refractivity contribution in [2.75, 3.05) is 34.4 Å². The predicted octanol–water partition coefficient (Wildman–Crippen LogP) is 2.60. The van der Waals surface area contributed by atoms with E-state index in [2.05, 4.69) is 24.4 Å². The summed E-state index contributed by atoms with van der Waals surface area (Å²) >= 11 is 0. The lowest BCUT2D eigenvalue weighted by atomic mass is 9.80. The Bertz CT molecular complexity index is 533. The van der Waals surface area contributed by atoms with Crippen molar-refractivity contribution in [3.05, 3.63) is 23.3 Å². The van der Waals surface area contributed by atoms with Crippen LogP contribution in [-0.2, 0) is 22.4 Å². The normalized spacial score (nSPS) is 20.5. The second-order valence-electron chi connectivity index (χ2n) is 6.33. The van der Waals surface area contributed by atoms with Gasteiger partial charge in [-0.15, -0.1) is 0 Å². The Morgan fingerprint density at radius 3 is 2.38 bits per heavy atom. The van der Waals surface area contributed by atoms with Gasteiger partial charge in [0.15, 0.2) is 0 Å². The van der Waals surface area contributed by atoms with Crippen LogP contribution in [0.5, 0.6) is 11.5 Å². The standard InChI is InChI=1S/C19H29NO4/c1-5-16-17(22-2)9-13(10-18(16)23-3)8-15-12-20-7-6-14(15)11-19(21)24-4/h9-10,14-15,20H,5-8,11-12H2,1-4H3. The first-order valence-corrected chi connectivity index (χ1v) is 8.64. The van der Waals surface area contributed by atoms with Gasteiger partial charge in [0.25, 0.3) is 0 Å². The molecule has 0 spiro atoms. The van der Waals surface area contributed by atoms with Crippen LogP contribution in [0.3, 0.4) is 0 Å². The number of carbonyl (C=O) groups is 1. The van der Waals surface area contributed by atoms with Crippen molar-refractivity contribution in [2.24, 2.45) is 11.8 Å². The van der Waals surface area contributed by atoms with Gasteiger partial charge in [0.2, 0.25) is 0 Å². The summed E-state index contributed by atoms with van der Waals surface area (Å²) in [7, 11) is 4.84. The molecule has 0 radical (unpaired) electrons. The van der Waals surface area contributed by atoms with Crippen LogP contribution in [0.15, 0.2) is 12.1 Å². The van der Waals surface area contributed by atoms with Crippen molar-refractivity contribution in [3.8, 4) is 11.5 Å². The molecule has 1 N–H and O–H groups in total. The van der Waals surface area contributed by atoms with E-state index in [1.807, 2.05) is 0 Å². The lowest BCUT2D eigenvalue weighted by Gasteiger charge is -2.32. The summed E-state index contributed by atoms with van der Waals surface area (Å²) < 4.78 is 16.0. The van der Waals surface area contributed by atoms with Crippen LogP contribution in [0.4, 0.5) is 0 Å². The maximum Gasteiger partial charge on any atom is 0.305 e. The van der Waals surface area contributed by atoms with Gasteiger partial charge >= 0.3 is 5.97 Å². The minimum atomic E-state index is -0.122. The van der Waals surface area contributed by atoms with Gasteiger partial charge in [-0.05, 0) is 61.9 Å². The first kappa shape index (κ1) is 18.6. The minimum absolute atomic E-state index is 0.122. The minimum Gasteiger partial charge on any atom is -0.496 e. The molecule has 1 aromatic carbocycles. The highest BCUT2D eigenvalue weighted by atomic mass is 16.5. The number of hydrogen-bond acceptors (Lipinski definition) is 5. The molecule has 5 nitrogen and oxygen atoms in total. The Morgan fingerprint density at radius 2 is 1.83 bits per heavy atom. The van der Waals surface area contributed by atoms with E-state index in [1.165, 1.54) is 12.7 Å². The monoisotopic (exact) mass is 335 g/mol. The van der Waals surface area contributed by atoms with E-state index >= 15 is 0 Å². The second kappa shape index (κ2) is 8.92. The molecule has 1 aliphatic rings. The van der Waals surface area contributed by atoms with E-state index in [1.54, 1.807) is 14.2 Å². The highest BCUT2D eigenvalue weighted by Gasteiger charge is 2.28. The summed E-state index contributed by atoms with van der Waals surface area (Å²) in [5, 5.41) is 3.44. The molecule has 2 rings (SSSR count). The number of methoxy groups -OCH3 is 3. The highest BCUT2D eigenvalue weighted by Crippen LogP contribution is 2.34. The number of ether oxygens (including phenoxy) is 3. The summed E-state index contributed by atoms with van der Waals surface area (Å²) in [6.07, 6.45) is 3.25. The van der Waals surface area contributed by atoms with Crippen LogP contribution >= 0.6 is 0 Å². The number of benzene rings is 1. The van der Waals surface area contributed by atoms with E-state index in [-0.39, 0.29) is 5.97 Å². The third-order valence-electron chi connectivity index (χ3n) is 4.94. The number of hydrogen-bond donors (Lipinski definition) is 1. The number of nitrogens with one attached hydrogen (secondary N) is 1. The molecule has 0 aliphatic carbocycles. The molecule has 1 aliphatic heterocycles. The lowest BCUT2D eigenvalue weighted by molar-refractivity contribution is -0.142. The Morgan fingerprint density at radius 1 is 1.17 bits per heavy atom. The molecular formula is C19H29NO4. The second-order valence-corrected chi connectivity index (χ2v) is 6.33. The van der Waals surface area contributed by atoms with Gasteiger partial charge in [0.1, 0.15) is 11.5 Å². The Kier molecular flexibility index (Phi) is 6.91. The van der Waals surface area contributed by atoms with E-state index in [9.17, 15) is 4.79 Å². The Balaban J connectivity index is 2.19. The van der Waals surface area contributed by atoms with Gasteiger partial charge in [0, 0.05) is 12.0 Å². The maximum atomic E-state index is 11.7. The number of piperidine rings is 1. The summed E-state index contributed by atoms with van der Waals surface area (Å²) in [6.45, 7) is 3.97. The molecule has 0 amide bonds. The van der Waals surface area contributed by atoms with E-state index in [4.69, 9.17) is 14.2 Å². The van der Waals surface area contributed by atoms with Crippen molar-refractivity contribution < 1.29 is 19.0 Å². The van der Waals surface area contributed by atoms with Crippen molar-refractivity contribution >= 4 is 5.97 Å². The smallest absolute Gasteiger partial charge is 0.305 e. The molecule has 2 unspecified atom stereocenters. The van der Waals surface area contributed by atoms with Crippen molar-refractivity contribution in [2.45, 2.75) is 32.6 Å². The van der Waals surface area contributed by atoms with E-state index in [0.717, 1.165) is 49.4 Å². The maximum absolute atomic E-state index is 11.7. The largest absolute Gasteiger partial charge is 0.496 e. The van der Waals surface area contributed by atoms with Crippen molar-refractivity contribution in [3.63, 3.8) is 0 Å². The molecule has 0 saturated carbocycles. The molecule has 2 atom stereocenters. The number of carbonyl (C=O) groups excluding carboxylic acids is 1. The van der Waals surface area contributed by atoms with Gasteiger partial charge in [-0.25, -0.2) is 0 Å². The third-order valence-corrected chi connectivity index (χ3v) is 4.94. The number of rotatable bonds is 7. The van der Waals surface area contributed by atoms with Gasteiger partial charge in [0.05, 0.1) is 21.3 Å². The van der Waals surface area contributed by atoms with Crippen LogP contribution in [0.2, 0.25) is 0 Å². The van der Waals surface area contributed by atoms with Crippen LogP contribution < -0.4 is 14.8 Å². The number of esters is 1. The summed E-state index contributed by atoms with van der Waals surface area (Å²) in [4.78, 5) is 11.7. The highest BCUT2D eigenvalue weighted by molar-refractivity contribution is 5.69. The van der Waals surface area contributed by atoms with Gasteiger partial charge in [-0.1, -0.05) is 6.92 Å². The van der Waals surface area contributed by atoms with Crippen LogP contribution in [0.25, 0.3) is 0 Å². The Hall–Kier alpha value is -1.75. The lowest BCUT2D eigenvalue weighted by Crippen LogP contribution is -2.38. The first-order valence-electron chi connectivity index (χ1n) is 8.64. The average Bonchev–Trinajstić information content (AvgIpc) is 2.62. The molecule has 1 saturated heterocycles. The average molecular weight is 335 g/mol. The molecule has 0 aromatic heterocycles. The molecule has 134 valence electrons. The third kappa shape index (κ3) is 4.41. The predicted molar refractivity (Wildman–Crippen MR) is 93.7 cm³/mol. The molecule has 1 heterocycles. The van der Waals surface area contributed by atoms with Crippen molar-refractivity contribution in [1.29, 1.82) is 0 Å². The van der Waals surface area contributed by atoms with E-state index < -0.39 is 0 Å². The molecule has 1 aromatic rings. The SMILES string of the molecule is CCc1c(OC)cc(CC2CNCCC2CC(=O)OC)cc1OC. The van der Waals surface area contributed by atoms with Gasteiger partial charge in [-0.3, -0.25) is 4.79 Å². The fourth-order valence-electron chi connectivity index (χ4n) is 3.59. The molecule has 0 bridgehead atoms. The molecule has 1 fully saturated rings. The zero-order valence-corrected chi connectivity index (χ0v) is 15.2. The quantitative estimate of drug-likeness (QED) is 0.776. The van der Waals surface area contributed by atoms with Crippen LogP contribution in [0, 0.1) is 11.8 Å². The molecule has 5 heteroatoms. The fraction of sp³-hybridized carbons (Fsp3) is 0.632. The summed E-state index contributed by atoms with van der Waals surface area (Å²) in [5.74, 6) is 2.38. The van der Waals surface area contributed by atoms with Crippen LogP contribution in [-0.4, -0.2) is 40.4 Å². The zero-order chi connectivity index (χ0) is 17.5. The Labute approximate surface area is 144 Å². The topological polar surface area (TPSA) is 56.8 Å². The zero-order valence-electron chi connectivity index (χ0n) is 15.2. The first-order chi connectivity index (χ1) is 11.6. The van der Waals surface area contributed by atoms with E-state index in [0.29, 0.717) is 18.3 Å². The van der Waals surface area contributed by atoms with Crippen molar-refractivity contribution in [1.82, 2.24) is 5.32 Å². The van der Waals surface area contributed by atoms with Crippen LogP contribution in [0.1, 0.15) is 30.9 Å². The summed E-state index contributed by atoms with van der Waals surface area (Å²) in [5.41, 5.74) is 2.28. The van der Waals surface area contributed by atoms with Gasteiger partial charge in [-0.2, -0.15) is 0 Å². The molecule has 24 heavy (non-hydrogen) atoms. The molecular weight excluding hydrogens is 306 g/mol. The van der Waals surface area contributed by atoms with Gasteiger partial charge < -0.3 is 19.5 Å². The fourth-order valence-corrected chi connectivity index (χ4v) is 3.59. The summed E-state index contributed by atoms with van der Waals surface area (Å²) in [6, 6.07) is 4.20.